The summed E-state index contributed by atoms with van der Waals surface area (Å²) in [5, 5.41) is 16.0. The zero-order chi connectivity index (χ0) is 29.3. The summed E-state index contributed by atoms with van der Waals surface area (Å²) in [7, 11) is 0. The lowest BCUT2D eigenvalue weighted by atomic mass is 9.83. The Morgan fingerprint density at radius 1 is 0.950 bits per heavy atom. The lowest BCUT2D eigenvalue weighted by Crippen LogP contribution is -2.60. The van der Waals surface area contributed by atoms with Gasteiger partial charge in [-0.3, -0.25) is 9.59 Å². The van der Waals surface area contributed by atoms with E-state index in [2.05, 4.69) is 16.7 Å². The average molecular weight is 562 g/mol. The molecule has 2 saturated heterocycles. The van der Waals surface area contributed by atoms with Crippen molar-refractivity contribution in [1.82, 2.24) is 20.4 Å². The van der Waals surface area contributed by atoms with Gasteiger partial charge in [0.15, 0.2) is 0 Å². The summed E-state index contributed by atoms with van der Waals surface area (Å²) < 4.78 is 10.5. The smallest absolute Gasteiger partial charge is 0.410 e. The molecule has 0 aromatic carbocycles. The monoisotopic (exact) mass is 561 g/mol. The molecule has 40 heavy (non-hydrogen) atoms. The van der Waals surface area contributed by atoms with Crippen LogP contribution >= 0.6 is 0 Å². The highest BCUT2D eigenvalue weighted by Crippen LogP contribution is 2.29. The van der Waals surface area contributed by atoms with Crippen molar-refractivity contribution < 1.29 is 28.7 Å². The Balaban J connectivity index is 1.61. The lowest BCUT2D eigenvalue weighted by Gasteiger charge is -2.38. The lowest BCUT2D eigenvalue weighted by molar-refractivity contribution is -0.133. The number of likely N-dealkylation sites (tertiary alicyclic amines) is 2. The Hall–Kier alpha value is -3.03. The summed E-state index contributed by atoms with van der Waals surface area (Å²) in [4.78, 5) is 54.6. The van der Waals surface area contributed by atoms with Gasteiger partial charge in [0.25, 0.3) is 0 Å². The predicted octanol–water partition coefficient (Wildman–Crippen LogP) is 3.72. The van der Waals surface area contributed by atoms with Crippen LogP contribution in [0.1, 0.15) is 91.9 Å². The standard InChI is InChI=1S/C29H47N5O6/c1-5-39-26(37)34-17-13-29(20-30,14-18-34)32-25(36)23(19-21-9-7-6-8-10-21)31-24(35)22-11-15-33(16-12-22)27(38)40-28(2,3)4/h21-23H,5-19H2,1-4H3,(H,31,35)(H,32,36). The molecule has 1 saturated carbocycles. The second-order valence-corrected chi connectivity index (χ2v) is 12.4. The van der Waals surface area contributed by atoms with E-state index in [0.29, 0.717) is 64.2 Å². The largest absolute Gasteiger partial charge is 0.450 e. The molecule has 11 heteroatoms. The van der Waals surface area contributed by atoms with Crippen LogP contribution < -0.4 is 10.6 Å². The van der Waals surface area contributed by atoms with Crippen molar-refractivity contribution in [3.05, 3.63) is 0 Å². The third-order valence-electron chi connectivity index (χ3n) is 8.16. The van der Waals surface area contributed by atoms with Crippen molar-refractivity contribution in [3.63, 3.8) is 0 Å². The van der Waals surface area contributed by atoms with Crippen molar-refractivity contribution in [2.45, 2.75) is 109 Å². The number of hydrogen-bond acceptors (Lipinski definition) is 7. The van der Waals surface area contributed by atoms with Crippen molar-refractivity contribution in [2.75, 3.05) is 32.8 Å². The molecule has 2 heterocycles. The fraction of sp³-hybridized carbons (Fsp3) is 0.828. The quantitative estimate of drug-likeness (QED) is 0.483. The van der Waals surface area contributed by atoms with Crippen molar-refractivity contribution in [2.24, 2.45) is 11.8 Å². The van der Waals surface area contributed by atoms with Gasteiger partial charge in [0.2, 0.25) is 11.8 Å². The zero-order valence-electron chi connectivity index (χ0n) is 24.6. The Morgan fingerprint density at radius 2 is 1.55 bits per heavy atom. The maximum absolute atomic E-state index is 13.6. The molecule has 1 atom stereocenters. The van der Waals surface area contributed by atoms with Crippen LogP contribution in [0.3, 0.4) is 0 Å². The molecule has 2 aliphatic heterocycles. The van der Waals surface area contributed by atoms with Crippen LogP contribution in [0.2, 0.25) is 0 Å². The van der Waals surface area contributed by atoms with Gasteiger partial charge in [-0.25, -0.2) is 9.59 Å². The molecular weight excluding hydrogens is 514 g/mol. The molecule has 0 spiro atoms. The van der Waals surface area contributed by atoms with E-state index in [-0.39, 0.29) is 30.4 Å². The number of carbonyl (C=O) groups excluding carboxylic acids is 4. The number of nitrogens with zero attached hydrogens (tertiary/aromatic N) is 3. The van der Waals surface area contributed by atoms with E-state index in [4.69, 9.17) is 9.47 Å². The molecule has 1 unspecified atom stereocenters. The van der Waals surface area contributed by atoms with Crippen LogP contribution in [-0.4, -0.2) is 83.8 Å². The van der Waals surface area contributed by atoms with E-state index in [1.54, 1.807) is 16.7 Å². The number of amides is 4. The van der Waals surface area contributed by atoms with Gasteiger partial charge in [0.05, 0.1) is 12.7 Å². The highest BCUT2D eigenvalue weighted by Gasteiger charge is 2.40. The van der Waals surface area contributed by atoms with Crippen LogP contribution in [0.4, 0.5) is 9.59 Å². The molecule has 3 fully saturated rings. The minimum atomic E-state index is -1.10. The molecule has 1 aliphatic carbocycles. The van der Waals surface area contributed by atoms with Crippen LogP contribution in [-0.2, 0) is 19.1 Å². The molecule has 11 nitrogen and oxygen atoms in total. The Kier molecular flexibility index (Phi) is 11.1. The molecular formula is C29H47N5O6. The van der Waals surface area contributed by atoms with E-state index in [0.717, 1.165) is 25.7 Å². The molecule has 0 bridgehead atoms. The first-order valence-electron chi connectivity index (χ1n) is 14.9. The summed E-state index contributed by atoms with van der Waals surface area (Å²) in [6, 6.07) is 1.53. The maximum Gasteiger partial charge on any atom is 0.410 e. The van der Waals surface area contributed by atoms with Gasteiger partial charge in [-0.2, -0.15) is 5.26 Å². The number of nitriles is 1. The van der Waals surface area contributed by atoms with Gasteiger partial charge in [0, 0.05) is 44.9 Å². The second-order valence-electron chi connectivity index (χ2n) is 12.4. The number of hydrogen-bond donors (Lipinski definition) is 2. The van der Waals surface area contributed by atoms with Crippen molar-refractivity contribution in [3.8, 4) is 6.07 Å². The Bertz CT molecular complexity index is 936. The summed E-state index contributed by atoms with van der Waals surface area (Å²) >= 11 is 0. The van der Waals surface area contributed by atoms with E-state index in [1.807, 2.05) is 20.8 Å². The third-order valence-corrected chi connectivity index (χ3v) is 8.16. The SMILES string of the molecule is CCOC(=O)N1CCC(C#N)(NC(=O)C(CC2CCCCC2)NC(=O)C2CCN(C(=O)OC(C)(C)C)CC2)CC1. The third kappa shape index (κ3) is 9.00. The topological polar surface area (TPSA) is 141 Å². The fourth-order valence-corrected chi connectivity index (χ4v) is 5.80. The van der Waals surface area contributed by atoms with E-state index >= 15 is 0 Å². The molecule has 2 N–H and O–H groups in total. The minimum absolute atomic E-state index is 0.192. The molecule has 3 aliphatic rings. The van der Waals surface area contributed by atoms with Crippen LogP contribution in [0.5, 0.6) is 0 Å². The molecule has 224 valence electrons. The minimum Gasteiger partial charge on any atom is -0.450 e. The van der Waals surface area contributed by atoms with Crippen molar-refractivity contribution in [1.29, 1.82) is 5.26 Å². The molecule has 3 rings (SSSR count). The van der Waals surface area contributed by atoms with E-state index in [9.17, 15) is 24.4 Å². The van der Waals surface area contributed by atoms with Crippen LogP contribution in [0.25, 0.3) is 0 Å². The fourth-order valence-electron chi connectivity index (χ4n) is 5.80. The van der Waals surface area contributed by atoms with Gasteiger partial charge >= 0.3 is 12.2 Å². The Labute approximate surface area is 238 Å². The first-order chi connectivity index (χ1) is 18.9. The number of ether oxygens (including phenoxy) is 2. The number of rotatable bonds is 7. The van der Waals surface area contributed by atoms with Gasteiger partial charge in [-0.05, 0) is 52.9 Å². The normalized spacial score (nSPS) is 21.1. The highest BCUT2D eigenvalue weighted by atomic mass is 16.6. The zero-order valence-corrected chi connectivity index (χ0v) is 24.6. The van der Waals surface area contributed by atoms with Gasteiger partial charge in [-0.1, -0.05) is 32.1 Å². The number of carbonyl (C=O) groups is 4. The first kappa shape index (κ1) is 31.5. The van der Waals surface area contributed by atoms with Crippen molar-refractivity contribution >= 4 is 24.0 Å². The second kappa shape index (κ2) is 14.0. The van der Waals surface area contributed by atoms with E-state index in [1.165, 1.54) is 6.42 Å². The predicted molar refractivity (Wildman–Crippen MR) is 148 cm³/mol. The summed E-state index contributed by atoms with van der Waals surface area (Å²) in [5.41, 5.74) is -1.68. The number of piperidine rings is 2. The average Bonchev–Trinajstić information content (AvgIpc) is 2.93. The molecule has 0 aromatic heterocycles. The maximum atomic E-state index is 13.6. The summed E-state index contributed by atoms with van der Waals surface area (Å²) in [6.07, 6.45) is 6.76. The number of nitrogens with one attached hydrogen (secondary N) is 2. The van der Waals surface area contributed by atoms with Crippen LogP contribution in [0.15, 0.2) is 0 Å². The molecule has 4 amide bonds. The highest BCUT2D eigenvalue weighted by molar-refractivity contribution is 5.89. The van der Waals surface area contributed by atoms with E-state index < -0.39 is 23.3 Å². The molecule has 0 radical (unpaired) electrons. The summed E-state index contributed by atoms with van der Waals surface area (Å²) in [6.45, 7) is 8.94. The van der Waals surface area contributed by atoms with Crippen LogP contribution in [0, 0.1) is 23.2 Å². The summed E-state index contributed by atoms with van der Waals surface area (Å²) in [5.74, 6) is -0.514. The first-order valence-corrected chi connectivity index (χ1v) is 14.9. The van der Waals surface area contributed by atoms with Gasteiger partial charge < -0.3 is 29.9 Å². The van der Waals surface area contributed by atoms with Gasteiger partial charge in [-0.15, -0.1) is 0 Å². The Morgan fingerprint density at radius 3 is 2.10 bits per heavy atom. The van der Waals surface area contributed by atoms with Gasteiger partial charge in [0.1, 0.15) is 17.2 Å². The molecule has 0 aromatic rings.